The van der Waals surface area contributed by atoms with E-state index in [4.69, 9.17) is 16.3 Å². The van der Waals surface area contributed by atoms with E-state index in [2.05, 4.69) is 0 Å². The van der Waals surface area contributed by atoms with Gasteiger partial charge in [-0.05, 0) is 17.7 Å². The highest BCUT2D eigenvalue weighted by atomic mass is 35.5. The third kappa shape index (κ3) is 2.89. The van der Waals surface area contributed by atoms with Gasteiger partial charge in [-0.15, -0.1) is 11.3 Å². The van der Waals surface area contributed by atoms with Gasteiger partial charge in [-0.1, -0.05) is 17.7 Å². The van der Waals surface area contributed by atoms with Crippen LogP contribution < -0.4 is 4.74 Å². The number of benzene rings is 1. The molecule has 0 bridgehead atoms. The number of hydrogen-bond donors (Lipinski definition) is 0. The summed E-state index contributed by atoms with van der Waals surface area (Å²) in [7, 11) is 1.54. The smallest absolute Gasteiger partial charge is 0.177 e. The third-order valence-corrected chi connectivity index (χ3v) is 3.64. The normalized spacial score (nSPS) is 10.4. The van der Waals surface area contributed by atoms with Crippen LogP contribution in [0.1, 0.15) is 15.2 Å². The van der Waals surface area contributed by atoms with Crippen molar-refractivity contribution in [2.75, 3.05) is 7.11 Å². The maximum absolute atomic E-state index is 13.5. The SMILES string of the molecule is COc1csc(C(=O)Cc2ccc(Cl)cc2F)c1. The van der Waals surface area contributed by atoms with Crippen LogP contribution in [-0.4, -0.2) is 12.9 Å². The highest BCUT2D eigenvalue weighted by Crippen LogP contribution is 2.23. The fourth-order valence-corrected chi connectivity index (χ4v) is 2.45. The van der Waals surface area contributed by atoms with E-state index in [-0.39, 0.29) is 12.2 Å². The lowest BCUT2D eigenvalue weighted by Crippen LogP contribution is -2.03. The minimum atomic E-state index is -0.459. The van der Waals surface area contributed by atoms with Gasteiger partial charge in [0.15, 0.2) is 5.78 Å². The Balaban J connectivity index is 2.16. The fraction of sp³-hybridized carbons (Fsp3) is 0.154. The van der Waals surface area contributed by atoms with Crippen molar-refractivity contribution in [1.29, 1.82) is 0 Å². The van der Waals surface area contributed by atoms with E-state index in [9.17, 15) is 9.18 Å². The summed E-state index contributed by atoms with van der Waals surface area (Å²) in [6.45, 7) is 0. The molecule has 0 spiro atoms. The molecule has 0 aliphatic carbocycles. The molecule has 0 saturated carbocycles. The lowest BCUT2D eigenvalue weighted by molar-refractivity contribution is 0.0995. The molecular weight excluding hydrogens is 275 g/mol. The van der Waals surface area contributed by atoms with E-state index in [1.807, 2.05) is 0 Å². The summed E-state index contributed by atoms with van der Waals surface area (Å²) in [4.78, 5) is 12.5. The second kappa shape index (κ2) is 5.50. The van der Waals surface area contributed by atoms with Crippen LogP contribution in [0.15, 0.2) is 29.6 Å². The van der Waals surface area contributed by atoms with E-state index in [0.717, 1.165) is 0 Å². The van der Waals surface area contributed by atoms with Crippen molar-refractivity contribution in [3.05, 3.63) is 50.9 Å². The second-order valence-corrected chi connectivity index (χ2v) is 5.03. The summed E-state index contributed by atoms with van der Waals surface area (Å²) in [6, 6.07) is 5.96. The molecule has 1 aromatic carbocycles. The number of halogens is 2. The quantitative estimate of drug-likeness (QED) is 0.794. The zero-order chi connectivity index (χ0) is 13.1. The largest absolute Gasteiger partial charge is 0.496 e. The number of rotatable bonds is 4. The van der Waals surface area contributed by atoms with Crippen molar-refractivity contribution in [3.8, 4) is 5.75 Å². The number of ketones is 1. The molecule has 0 unspecified atom stereocenters. The molecule has 0 atom stereocenters. The van der Waals surface area contributed by atoms with E-state index < -0.39 is 5.82 Å². The molecule has 5 heteroatoms. The Labute approximate surface area is 113 Å². The van der Waals surface area contributed by atoms with Gasteiger partial charge in [0.05, 0.1) is 12.0 Å². The number of methoxy groups -OCH3 is 1. The first kappa shape index (κ1) is 13.1. The Morgan fingerprint density at radius 3 is 2.83 bits per heavy atom. The first-order valence-electron chi connectivity index (χ1n) is 5.20. The Morgan fingerprint density at radius 2 is 2.22 bits per heavy atom. The van der Waals surface area contributed by atoms with Crippen LogP contribution in [-0.2, 0) is 6.42 Å². The van der Waals surface area contributed by atoms with Gasteiger partial charge < -0.3 is 4.74 Å². The Hall–Kier alpha value is -1.39. The van der Waals surface area contributed by atoms with Gasteiger partial charge in [-0.3, -0.25) is 4.79 Å². The predicted octanol–water partition coefficient (Wildman–Crippen LogP) is 3.97. The van der Waals surface area contributed by atoms with Crippen LogP contribution in [0.4, 0.5) is 4.39 Å². The number of Topliss-reactive ketones (excluding diaryl/α,β-unsaturated/α-hetero) is 1. The zero-order valence-electron chi connectivity index (χ0n) is 9.57. The van der Waals surface area contributed by atoms with Gasteiger partial charge in [-0.2, -0.15) is 0 Å². The molecule has 1 aromatic heterocycles. The lowest BCUT2D eigenvalue weighted by Gasteiger charge is -2.01. The van der Waals surface area contributed by atoms with Gasteiger partial charge in [0.25, 0.3) is 0 Å². The summed E-state index contributed by atoms with van der Waals surface area (Å²) in [5.41, 5.74) is 0.344. The number of hydrogen-bond acceptors (Lipinski definition) is 3. The van der Waals surface area contributed by atoms with E-state index in [1.165, 1.54) is 30.6 Å². The van der Waals surface area contributed by atoms with E-state index in [0.29, 0.717) is 21.2 Å². The summed E-state index contributed by atoms with van der Waals surface area (Å²) in [5.74, 6) is 0.0452. The van der Waals surface area contributed by atoms with Gasteiger partial charge in [-0.25, -0.2) is 4.39 Å². The van der Waals surface area contributed by atoms with Gasteiger partial charge >= 0.3 is 0 Å². The third-order valence-electron chi connectivity index (χ3n) is 2.45. The molecule has 1 heterocycles. The molecule has 2 nitrogen and oxygen atoms in total. The molecule has 18 heavy (non-hydrogen) atoms. The average molecular weight is 285 g/mol. The first-order valence-corrected chi connectivity index (χ1v) is 6.45. The molecule has 0 fully saturated rings. The maximum Gasteiger partial charge on any atom is 0.177 e. The molecule has 2 rings (SSSR count). The Morgan fingerprint density at radius 1 is 1.44 bits per heavy atom. The second-order valence-electron chi connectivity index (χ2n) is 3.69. The first-order chi connectivity index (χ1) is 8.60. The molecule has 0 radical (unpaired) electrons. The molecule has 94 valence electrons. The minimum Gasteiger partial charge on any atom is -0.496 e. The molecule has 2 aromatic rings. The number of thiophene rings is 1. The van der Waals surface area contributed by atoms with Crippen molar-refractivity contribution >= 4 is 28.7 Å². The van der Waals surface area contributed by atoms with Crippen molar-refractivity contribution in [2.45, 2.75) is 6.42 Å². The van der Waals surface area contributed by atoms with Gasteiger partial charge in [0.1, 0.15) is 11.6 Å². The van der Waals surface area contributed by atoms with Crippen LogP contribution in [0.2, 0.25) is 5.02 Å². The van der Waals surface area contributed by atoms with Crippen LogP contribution in [0.25, 0.3) is 0 Å². The number of carbonyl (C=O) groups excluding carboxylic acids is 1. The average Bonchev–Trinajstić information content (AvgIpc) is 2.81. The number of ether oxygens (including phenoxy) is 1. The molecule has 0 aliphatic heterocycles. The van der Waals surface area contributed by atoms with Crippen molar-refractivity contribution in [2.24, 2.45) is 0 Å². The van der Waals surface area contributed by atoms with E-state index >= 15 is 0 Å². The Bertz CT molecular complexity index is 580. The molecule has 0 saturated heterocycles. The zero-order valence-corrected chi connectivity index (χ0v) is 11.1. The van der Waals surface area contributed by atoms with Crippen LogP contribution in [0, 0.1) is 5.82 Å². The highest BCUT2D eigenvalue weighted by Gasteiger charge is 2.13. The van der Waals surface area contributed by atoms with Crippen LogP contribution >= 0.6 is 22.9 Å². The summed E-state index contributed by atoms with van der Waals surface area (Å²) in [5, 5.41) is 2.06. The van der Waals surface area contributed by atoms with Crippen LogP contribution in [0.3, 0.4) is 0 Å². The molecular formula is C13H10ClFO2S. The maximum atomic E-state index is 13.5. The van der Waals surface area contributed by atoms with Crippen molar-refractivity contribution in [1.82, 2.24) is 0 Å². The van der Waals surface area contributed by atoms with E-state index in [1.54, 1.807) is 17.5 Å². The van der Waals surface area contributed by atoms with Gasteiger partial charge in [0.2, 0.25) is 0 Å². The monoisotopic (exact) mass is 284 g/mol. The Kier molecular flexibility index (Phi) is 3.99. The van der Waals surface area contributed by atoms with Gasteiger partial charge in [0, 0.05) is 22.9 Å². The summed E-state index contributed by atoms with van der Waals surface area (Å²) >= 11 is 6.94. The lowest BCUT2D eigenvalue weighted by atomic mass is 10.1. The topological polar surface area (TPSA) is 26.3 Å². The summed E-state index contributed by atoms with van der Waals surface area (Å²) < 4.78 is 18.5. The standard InChI is InChI=1S/C13H10ClFO2S/c1-17-10-6-13(18-7-10)12(16)4-8-2-3-9(14)5-11(8)15/h2-3,5-7H,4H2,1H3. The summed E-state index contributed by atoms with van der Waals surface area (Å²) in [6.07, 6.45) is 0.0205. The molecule has 0 N–H and O–H groups in total. The number of carbonyl (C=O) groups is 1. The van der Waals surface area contributed by atoms with Crippen molar-refractivity contribution in [3.63, 3.8) is 0 Å². The molecule has 0 amide bonds. The molecule has 0 aliphatic rings. The minimum absolute atomic E-state index is 0.0205. The highest BCUT2D eigenvalue weighted by molar-refractivity contribution is 7.12. The van der Waals surface area contributed by atoms with Crippen LogP contribution in [0.5, 0.6) is 5.75 Å². The fourth-order valence-electron chi connectivity index (χ4n) is 1.50. The predicted molar refractivity (Wildman–Crippen MR) is 70.3 cm³/mol. The van der Waals surface area contributed by atoms with Crippen molar-refractivity contribution < 1.29 is 13.9 Å².